The molecule has 1 aromatic heterocycles. The summed E-state index contributed by atoms with van der Waals surface area (Å²) in [6.45, 7) is 2.64. The molecule has 2 aliphatic rings. The minimum atomic E-state index is -0.240. The summed E-state index contributed by atoms with van der Waals surface area (Å²) in [6.07, 6.45) is 7.82. The first-order valence-corrected chi connectivity index (χ1v) is 10.0. The van der Waals surface area contributed by atoms with Crippen molar-refractivity contribution in [2.24, 2.45) is 11.8 Å². The zero-order valence-electron chi connectivity index (χ0n) is 15.9. The number of rotatable bonds is 6. The molecule has 2 amide bonds. The van der Waals surface area contributed by atoms with Crippen molar-refractivity contribution in [2.75, 3.05) is 23.3 Å². The maximum atomic E-state index is 12.4. The molecule has 6 heteroatoms. The van der Waals surface area contributed by atoms with E-state index in [2.05, 4.69) is 32.7 Å². The summed E-state index contributed by atoms with van der Waals surface area (Å²) in [4.78, 5) is 31.1. The van der Waals surface area contributed by atoms with Crippen LogP contribution in [0.3, 0.4) is 0 Å². The van der Waals surface area contributed by atoms with Crippen molar-refractivity contribution in [1.29, 1.82) is 0 Å². The number of aromatic nitrogens is 1. The Bertz CT molecular complexity index is 816. The van der Waals surface area contributed by atoms with Crippen LogP contribution in [0.25, 0.3) is 0 Å². The Morgan fingerprint density at radius 2 is 1.75 bits per heavy atom. The summed E-state index contributed by atoms with van der Waals surface area (Å²) in [5.41, 5.74) is 2.94. The molecule has 0 bridgehead atoms. The number of hydrogen-bond acceptors (Lipinski definition) is 4. The van der Waals surface area contributed by atoms with E-state index in [9.17, 15) is 9.59 Å². The Balaban J connectivity index is 1.25. The predicted molar refractivity (Wildman–Crippen MR) is 109 cm³/mol. The predicted octanol–water partition coefficient (Wildman–Crippen LogP) is 2.96. The largest absolute Gasteiger partial charge is 0.372 e. The van der Waals surface area contributed by atoms with Gasteiger partial charge in [0, 0.05) is 43.4 Å². The summed E-state index contributed by atoms with van der Waals surface area (Å²) in [7, 11) is 0. The first-order chi connectivity index (χ1) is 13.7. The van der Waals surface area contributed by atoms with Crippen molar-refractivity contribution >= 4 is 23.2 Å². The molecule has 2 heterocycles. The minimum Gasteiger partial charge on any atom is -0.372 e. The van der Waals surface area contributed by atoms with Crippen molar-refractivity contribution in [2.45, 2.75) is 32.2 Å². The molecule has 1 aliphatic carbocycles. The van der Waals surface area contributed by atoms with Gasteiger partial charge in [-0.15, -0.1) is 0 Å². The molecule has 2 N–H and O–H groups in total. The van der Waals surface area contributed by atoms with Crippen LogP contribution >= 0.6 is 0 Å². The zero-order chi connectivity index (χ0) is 19.3. The van der Waals surface area contributed by atoms with Crippen molar-refractivity contribution in [3.05, 3.63) is 54.4 Å². The fourth-order valence-electron chi connectivity index (χ4n) is 3.74. The molecular weight excluding hydrogens is 352 g/mol. The molecule has 1 aliphatic heterocycles. The Labute approximate surface area is 165 Å². The fraction of sp³-hybridized carbons (Fsp3) is 0.409. The van der Waals surface area contributed by atoms with Gasteiger partial charge in [-0.3, -0.25) is 14.6 Å². The van der Waals surface area contributed by atoms with Gasteiger partial charge in [-0.25, -0.2) is 0 Å². The van der Waals surface area contributed by atoms with Gasteiger partial charge in [0.1, 0.15) is 0 Å². The maximum absolute atomic E-state index is 12.4. The number of carbonyl (C=O) groups excluding carboxylic acids is 2. The number of benzene rings is 1. The monoisotopic (exact) mass is 378 g/mol. The number of nitrogens with zero attached hydrogens (tertiary/aromatic N) is 2. The van der Waals surface area contributed by atoms with E-state index in [1.807, 2.05) is 24.3 Å². The average Bonchev–Trinajstić information content (AvgIpc) is 3.55. The number of amides is 2. The van der Waals surface area contributed by atoms with Crippen LogP contribution in [0.5, 0.6) is 0 Å². The fourth-order valence-corrected chi connectivity index (χ4v) is 3.74. The maximum Gasteiger partial charge on any atom is 0.228 e. The van der Waals surface area contributed by atoms with Crippen LogP contribution in [0.1, 0.15) is 31.2 Å². The second-order valence-corrected chi connectivity index (χ2v) is 7.61. The zero-order valence-corrected chi connectivity index (χ0v) is 15.9. The number of anilines is 2. The summed E-state index contributed by atoms with van der Waals surface area (Å²) in [5, 5.41) is 5.83. The van der Waals surface area contributed by atoms with Crippen LogP contribution in [-0.4, -0.2) is 29.9 Å². The second kappa shape index (κ2) is 8.42. The molecule has 2 unspecified atom stereocenters. The van der Waals surface area contributed by atoms with Gasteiger partial charge in [0.25, 0.3) is 0 Å². The third-order valence-corrected chi connectivity index (χ3v) is 5.51. The van der Waals surface area contributed by atoms with Crippen LogP contribution in [0.15, 0.2) is 48.8 Å². The SMILES string of the molecule is O=C(NCc1cccnc1)C1CC1C(=O)Nc1ccc(N2CCCCC2)cc1. The molecule has 2 aromatic rings. The van der Waals surface area contributed by atoms with Crippen molar-refractivity contribution in [3.8, 4) is 0 Å². The standard InChI is InChI=1S/C22H26N4O2/c27-21(24-15-16-5-4-10-23-14-16)19-13-20(19)22(28)25-17-6-8-18(9-7-17)26-11-2-1-3-12-26/h4-10,14,19-20H,1-3,11-13,15H2,(H,24,27)(H,25,28). The molecule has 2 atom stereocenters. The highest BCUT2D eigenvalue weighted by atomic mass is 16.2. The first-order valence-electron chi connectivity index (χ1n) is 10.0. The van der Waals surface area contributed by atoms with Crippen molar-refractivity contribution in [1.82, 2.24) is 10.3 Å². The lowest BCUT2D eigenvalue weighted by Gasteiger charge is -2.28. The van der Waals surface area contributed by atoms with E-state index < -0.39 is 0 Å². The molecule has 6 nitrogen and oxygen atoms in total. The van der Waals surface area contributed by atoms with Crippen molar-refractivity contribution < 1.29 is 9.59 Å². The Kier molecular flexibility index (Phi) is 5.55. The molecule has 1 saturated heterocycles. The molecule has 4 rings (SSSR count). The molecule has 0 spiro atoms. The number of hydrogen-bond donors (Lipinski definition) is 2. The average molecular weight is 378 g/mol. The highest BCUT2D eigenvalue weighted by molar-refractivity contribution is 5.99. The second-order valence-electron chi connectivity index (χ2n) is 7.61. The van der Waals surface area contributed by atoms with E-state index in [0.29, 0.717) is 13.0 Å². The Morgan fingerprint density at radius 1 is 1.00 bits per heavy atom. The van der Waals surface area contributed by atoms with E-state index >= 15 is 0 Å². The number of piperidine rings is 1. The van der Waals surface area contributed by atoms with E-state index in [-0.39, 0.29) is 23.7 Å². The van der Waals surface area contributed by atoms with Gasteiger partial charge in [-0.05, 0) is 61.6 Å². The van der Waals surface area contributed by atoms with E-state index in [1.165, 1.54) is 24.9 Å². The third-order valence-electron chi connectivity index (χ3n) is 5.51. The molecule has 28 heavy (non-hydrogen) atoms. The summed E-state index contributed by atoms with van der Waals surface area (Å²) >= 11 is 0. The molecule has 1 saturated carbocycles. The van der Waals surface area contributed by atoms with Gasteiger partial charge in [-0.1, -0.05) is 6.07 Å². The molecule has 2 fully saturated rings. The van der Waals surface area contributed by atoms with Crippen LogP contribution < -0.4 is 15.5 Å². The van der Waals surface area contributed by atoms with Crippen LogP contribution in [0, 0.1) is 11.8 Å². The number of carbonyl (C=O) groups is 2. The molecule has 1 aromatic carbocycles. The Hall–Kier alpha value is -2.89. The Morgan fingerprint density at radius 3 is 2.46 bits per heavy atom. The van der Waals surface area contributed by atoms with E-state index in [0.717, 1.165) is 24.3 Å². The third kappa shape index (κ3) is 4.50. The molecule has 0 radical (unpaired) electrons. The molecule has 146 valence electrons. The van der Waals surface area contributed by atoms with Gasteiger partial charge >= 0.3 is 0 Å². The lowest BCUT2D eigenvalue weighted by molar-refractivity contribution is -0.125. The van der Waals surface area contributed by atoms with Gasteiger partial charge in [0.2, 0.25) is 11.8 Å². The van der Waals surface area contributed by atoms with Crippen LogP contribution in [0.4, 0.5) is 11.4 Å². The lowest BCUT2D eigenvalue weighted by atomic mass is 10.1. The van der Waals surface area contributed by atoms with E-state index in [1.54, 1.807) is 12.4 Å². The summed E-state index contributed by atoms with van der Waals surface area (Å²) < 4.78 is 0. The minimum absolute atomic E-state index is 0.0653. The van der Waals surface area contributed by atoms with Gasteiger partial charge < -0.3 is 15.5 Å². The lowest BCUT2D eigenvalue weighted by Crippen LogP contribution is -2.29. The van der Waals surface area contributed by atoms with Gasteiger partial charge in [-0.2, -0.15) is 0 Å². The van der Waals surface area contributed by atoms with Gasteiger partial charge in [0.15, 0.2) is 0 Å². The highest BCUT2D eigenvalue weighted by Crippen LogP contribution is 2.39. The summed E-state index contributed by atoms with van der Waals surface area (Å²) in [5.74, 6) is -0.614. The first kappa shape index (κ1) is 18.5. The number of nitrogens with one attached hydrogen (secondary N) is 2. The normalized spacial score (nSPS) is 21.1. The molecular formula is C22H26N4O2. The van der Waals surface area contributed by atoms with Crippen molar-refractivity contribution in [3.63, 3.8) is 0 Å². The number of pyridine rings is 1. The van der Waals surface area contributed by atoms with E-state index in [4.69, 9.17) is 0 Å². The quantitative estimate of drug-likeness (QED) is 0.810. The van der Waals surface area contributed by atoms with Gasteiger partial charge in [0.05, 0.1) is 11.8 Å². The van der Waals surface area contributed by atoms with Crippen LogP contribution in [0.2, 0.25) is 0 Å². The highest BCUT2D eigenvalue weighted by Gasteiger charge is 2.47. The van der Waals surface area contributed by atoms with Crippen LogP contribution in [-0.2, 0) is 16.1 Å². The topological polar surface area (TPSA) is 74.3 Å². The smallest absolute Gasteiger partial charge is 0.228 e. The summed E-state index contributed by atoms with van der Waals surface area (Å²) in [6, 6.07) is 11.8.